The number of halogens is 3. The molecule has 0 aliphatic heterocycles. The van der Waals surface area contributed by atoms with E-state index in [1.54, 1.807) is 11.8 Å². The Hall–Kier alpha value is -1.62. The van der Waals surface area contributed by atoms with Crippen molar-refractivity contribution >= 4 is 17.4 Å². The molecule has 2 rings (SSSR count). The number of alkyl halides is 3. The Morgan fingerprint density at radius 3 is 2.25 bits per heavy atom. The van der Waals surface area contributed by atoms with Crippen LogP contribution in [0.25, 0.3) is 0 Å². The van der Waals surface area contributed by atoms with E-state index in [-0.39, 0.29) is 0 Å². The number of hydrogen-bond donors (Lipinski definition) is 1. The minimum absolute atomic E-state index is 0.616. The molecule has 1 nitrogen and oxygen atoms in total. The van der Waals surface area contributed by atoms with Gasteiger partial charge in [-0.3, -0.25) is 0 Å². The van der Waals surface area contributed by atoms with Gasteiger partial charge in [0.1, 0.15) is 0 Å². The fourth-order valence-corrected chi connectivity index (χ4v) is 2.75. The molecule has 0 amide bonds. The summed E-state index contributed by atoms with van der Waals surface area (Å²) in [5, 5.41) is 0. The normalized spacial score (nSPS) is 11.6. The van der Waals surface area contributed by atoms with Gasteiger partial charge in [0.2, 0.25) is 0 Å². The number of nitrogen functional groups attached to an aromatic ring is 1. The zero-order chi connectivity index (χ0) is 14.8. The Morgan fingerprint density at radius 1 is 1.05 bits per heavy atom. The molecule has 106 valence electrons. The highest BCUT2D eigenvalue weighted by molar-refractivity contribution is 7.98. The molecule has 0 spiro atoms. The monoisotopic (exact) mass is 297 g/mol. The maximum atomic E-state index is 12.4. The third-order valence-corrected chi connectivity index (χ3v) is 4.12. The Balaban J connectivity index is 2.04. The molecular weight excluding hydrogens is 283 g/mol. The predicted octanol–water partition coefficient (Wildman–Crippen LogP) is 4.89. The summed E-state index contributed by atoms with van der Waals surface area (Å²) < 4.78 is 37.3. The van der Waals surface area contributed by atoms with Crippen molar-refractivity contribution in [2.24, 2.45) is 0 Å². The highest BCUT2D eigenvalue weighted by Crippen LogP contribution is 2.31. The molecule has 0 aromatic heterocycles. The average molecular weight is 297 g/mol. The summed E-state index contributed by atoms with van der Waals surface area (Å²) in [5.41, 5.74) is 7.70. The Labute approximate surface area is 120 Å². The fourth-order valence-electron chi connectivity index (χ4n) is 1.79. The van der Waals surface area contributed by atoms with Crippen molar-refractivity contribution in [3.05, 3.63) is 59.2 Å². The van der Waals surface area contributed by atoms with Gasteiger partial charge in [0, 0.05) is 16.3 Å². The molecule has 0 radical (unpaired) electrons. The smallest absolute Gasteiger partial charge is 0.399 e. The van der Waals surface area contributed by atoms with Crippen LogP contribution in [0.4, 0.5) is 18.9 Å². The lowest BCUT2D eigenvalue weighted by Gasteiger charge is -2.09. The van der Waals surface area contributed by atoms with E-state index in [4.69, 9.17) is 5.73 Å². The number of rotatable bonds is 3. The molecule has 0 fully saturated rings. The van der Waals surface area contributed by atoms with Crippen LogP contribution in [0.5, 0.6) is 0 Å². The molecule has 2 N–H and O–H groups in total. The van der Waals surface area contributed by atoms with Crippen LogP contribution in [0.2, 0.25) is 0 Å². The van der Waals surface area contributed by atoms with E-state index >= 15 is 0 Å². The van der Waals surface area contributed by atoms with Crippen molar-refractivity contribution < 1.29 is 13.2 Å². The van der Waals surface area contributed by atoms with Crippen molar-refractivity contribution in [2.45, 2.75) is 23.7 Å². The summed E-state index contributed by atoms with van der Waals surface area (Å²) in [7, 11) is 0. The van der Waals surface area contributed by atoms with Gasteiger partial charge in [0.25, 0.3) is 0 Å². The molecule has 0 heterocycles. The summed E-state index contributed by atoms with van der Waals surface area (Å²) in [6.45, 7) is 1.96. The van der Waals surface area contributed by atoms with Crippen molar-refractivity contribution in [2.75, 3.05) is 5.73 Å². The molecule has 0 aliphatic carbocycles. The number of nitrogens with two attached hydrogens (primary N) is 1. The molecule has 5 heteroatoms. The highest BCUT2D eigenvalue weighted by atomic mass is 32.2. The first-order chi connectivity index (χ1) is 9.36. The number of anilines is 1. The Morgan fingerprint density at radius 2 is 1.70 bits per heavy atom. The lowest BCUT2D eigenvalue weighted by molar-refractivity contribution is -0.137. The summed E-state index contributed by atoms with van der Waals surface area (Å²) in [5.74, 6) is 0.628. The summed E-state index contributed by atoms with van der Waals surface area (Å²) in [6.07, 6.45) is -4.28. The number of benzene rings is 2. The van der Waals surface area contributed by atoms with Gasteiger partial charge in [0.05, 0.1) is 5.56 Å². The van der Waals surface area contributed by atoms with Gasteiger partial charge in [-0.1, -0.05) is 12.1 Å². The molecular formula is C15H14F3NS. The first-order valence-corrected chi connectivity index (χ1v) is 7.00. The minimum atomic E-state index is -4.28. The first kappa shape index (κ1) is 14.8. The van der Waals surface area contributed by atoms with E-state index in [0.717, 1.165) is 28.2 Å². The zero-order valence-electron chi connectivity index (χ0n) is 10.9. The lowest BCUT2D eigenvalue weighted by Crippen LogP contribution is -2.04. The summed E-state index contributed by atoms with van der Waals surface area (Å²) in [4.78, 5) is 1.08. The topological polar surface area (TPSA) is 26.0 Å². The predicted molar refractivity (Wildman–Crippen MR) is 76.6 cm³/mol. The standard InChI is InChI=1S/C15H14F3NS/c1-10-8-13(19)6-7-14(10)20-9-11-2-4-12(5-3-11)15(16,17)18/h2-8H,9,19H2,1H3. The van der Waals surface area contributed by atoms with Gasteiger partial charge in [-0.25, -0.2) is 0 Å². The maximum Gasteiger partial charge on any atom is 0.416 e. The number of hydrogen-bond acceptors (Lipinski definition) is 2. The van der Waals surface area contributed by atoms with Crippen molar-refractivity contribution in [1.82, 2.24) is 0 Å². The van der Waals surface area contributed by atoms with E-state index in [1.165, 1.54) is 12.1 Å². The SMILES string of the molecule is Cc1cc(N)ccc1SCc1ccc(C(F)(F)F)cc1. The minimum Gasteiger partial charge on any atom is -0.399 e. The van der Waals surface area contributed by atoms with Gasteiger partial charge in [-0.05, 0) is 48.4 Å². The van der Waals surface area contributed by atoms with Gasteiger partial charge in [-0.2, -0.15) is 13.2 Å². The van der Waals surface area contributed by atoms with E-state index in [9.17, 15) is 13.2 Å². The lowest BCUT2D eigenvalue weighted by atomic mass is 10.1. The Kier molecular flexibility index (Phi) is 4.28. The molecule has 0 bridgehead atoms. The van der Waals surface area contributed by atoms with E-state index in [0.29, 0.717) is 11.4 Å². The molecule has 0 saturated heterocycles. The second-order valence-corrected chi connectivity index (χ2v) is 5.53. The van der Waals surface area contributed by atoms with E-state index in [1.807, 2.05) is 25.1 Å². The third-order valence-electron chi connectivity index (χ3n) is 2.87. The van der Waals surface area contributed by atoms with Crippen LogP contribution >= 0.6 is 11.8 Å². The molecule has 20 heavy (non-hydrogen) atoms. The fraction of sp³-hybridized carbons (Fsp3) is 0.200. The van der Waals surface area contributed by atoms with E-state index < -0.39 is 11.7 Å². The van der Waals surface area contributed by atoms with Crippen molar-refractivity contribution in [1.29, 1.82) is 0 Å². The second-order valence-electron chi connectivity index (χ2n) is 4.51. The zero-order valence-corrected chi connectivity index (χ0v) is 11.7. The molecule has 2 aromatic rings. The van der Waals surface area contributed by atoms with Crippen molar-refractivity contribution in [3.8, 4) is 0 Å². The van der Waals surface area contributed by atoms with Crippen LogP contribution < -0.4 is 5.73 Å². The summed E-state index contributed by atoms with van der Waals surface area (Å²) in [6, 6.07) is 10.9. The van der Waals surface area contributed by atoms with Crippen LogP contribution in [0.1, 0.15) is 16.7 Å². The van der Waals surface area contributed by atoms with Crippen molar-refractivity contribution in [3.63, 3.8) is 0 Å². The molecule has 2 aromatic carbocycles. The van der Waals surface area contributed by atoms with Crippen LogP contribution in [0.15, 0.2) is 47.4 Å². The third kappa shape index (κ3) is 3.70. The maximum absolute atomic E-state index is 12.4. The van der Waals surface area contributed by atoms with Crippen LogP contribution in [0, 0.1) is 6.92 Å². The quantitative estimate of drug-likeness (QED) is 0.645. The Bertz CT molecular complexity index is 591. The van der Waals surface area contributed by atoms with Crippen LogP contribution in [-0.4, -0.2) is 0 Å². The van der Waals surface area contributed by atoms with Gasteiger partial charge in [-0.15, -0.1) is 11.8 Å². The first-order valence-electron chi connectivity index (χ1n) is 6.01. The molecule has 0 aliphatic rings. The highest BCUT2D eigenvalue weighted by Gasteiger charge is 2.29. The van der Waals surface area contributed by atoms with Crippen LogP contribution in [-0.2, 0) is 11.9 Å². The number of aryl methyl sites for hydroxylation is 1. The number of thioether (sulfide) groups is 1. The van der Waals surface area contributed by atoms with E-state index in [2.05, 4.69) is 0 Å². The van der Waals surface area contributed by atoms with Gasteiger partial charge in [0.15, 0.2) is 0 Å². The van der Waals surface area contributed by atoms with Gasteiger partial charge >= 0.3 is 6.18 Å². The molecule has 0 unspecified atom stereocenters. The molecule has 0 atom stereocenters. The molecule has 0 saturated carbocycles. The van der Waals surface area contributed by atoms with Gasteiger partial charge < -0.3 is 5.73 Å². The van der Waals surface area contributed by atoms with Crippen LogP contribution in [0.3, 0.4) is 0 Å². The summed E-state index contributed by atoms with van der Waals surface area (Å²) >= 11 is 1.59. The largest absolute Gasteiger partial charge is 0.416 e. The second kappa shape index (κ2) is 5.79. The average Bonchev–Trinajstić information content (AvgIpc) is 2.37.